The monoisotopic (exact) mass is 271 g/mol. The summed E-state index contributed by atoms with van der Waals surface area (Å²) in [6, 6.07) is 6.72. The van der Waals surface area contributed by atoms with Crippen molar-refractivity contribution in [1.82, 2.24) is 5.32 Å². The minimum absolute atomic E-state index is 0.0180. The molecule has 0 aliphatic heterocycles. The van der Waals surface area contributed by atoms with Crippen molar-refractivity contribution in [2.24, 2.45) is 5.92 Å². The number of amides is 1. The number of aliphatic hydroxyl groups is 1. The van der Waals surface area contributed by atoms with Gasteiger partial charge in [-0.2, -0.15) is 0 Å². The summed E-state index contributed by atoms with van der Waals surface area (Å²) in [6.07, 6.45) is 0. The number of nitrogens with one attached hydrogen (secondary N) is 1. The fourth-order valence-corrected chi connectivity index (χ4v) is 1.40. The van der Waals surface area contributed by atoms with E-state index in [0.29, 0.717) is 10.8 Å². The van der Waals surface area contributed by atoms with Crippen LogP contribution in [0.4, 0.5) is 0 Å². The molecule has 5 heteroatoms. The lowest BCUT2D eigenvalue weighted by Crippen LogP contribution is -2.40. The molecule has 2 atom stereocenters. The Labute approximate surface area is 112 Å². The van der Waals surface area contributed by atoms with Crippen LogP contribution in [-0.2, 0) is 4.79 Å². The van der Waals surface area contributed by atoms with Gasteiger partial charge in [-0.25, -0.2) is 0 Å². The molecule has 1 aromatic rings. The molecule has 0 aromatic heterocycles. The molecule has 2 unspecified atom stereocenters. The number of halogens is 1. The minimum Gasteiger partial charge on any atom is -0.484 e. The zero-order valence-corrected chi connectivity index (χ0v) is 11.3. The van der Waals surface area contributed by atoms with E-state index in [1.165, 1.54) is 0 Å². The second kappa shape index (κ2) is 7.24. The lowest BCUT2D eigenvalue weighted by Gasteiger charge is -2.19. The molecule has 0 fully saturated rings. The third-order valence-electron chi connectivity index (χ3n) is 2.71. The molecule has 100 valence electrons. The summed E-state index contributed by atoms with van der Waals surface area (Å²) < 4.78 is 5.30. The number of benzene rings is 1. The van der Waals surface area contributed by atoms with Crippen molar-refractivity contribution >= 4 is 17.5 Å². The molecule has 0 spiro atoms. The van der Waals surface area contributed by atoms with E-state index in [1.807, 2.05) is 13.8 Å². The van der Waals surface area contributed by atoms with Gasteiger partial charge in [-0.1, -0.05) is 18.5 Å². The van der Waals surface area contributed by atoms with Gasteiger partial charge in [-0.15, -0.1) is 0 Å². The van der Waals surface area contributed by atoms with Crippen LogP contribution in [0, 0.1) is 5.92 Å². The van der Waals surface area contributed by atoms with Crippen molar-refractivity contribution in [2.45, 2.75) is 19.9 Å². The summed E-state index contributed by atoms with van der Waals surface area (Å²) >= 11 is 5.74. The highest BCUT2D eigenvalue weighted by Gasteiger charge is 2.13. The second-order valence-electron chi connectivity index (χ2n) is 4.26. The zero-order valence-electron chi connectivity index (χ0n) is 10.5. The van der Waals surface area contributed by atoms with Crippen LogP contribution in [-0.4, -0.2) is 30.3 Å². The molecule has 1 amide bonds. The van der Waals surface area contributed by atoms with Crippen molar-refractivity contribution in [3.8, 4) is 5.75 Å². The highest BCUT2D eigenvalue weighted by molar-refractivity contribution is 6.30. The maximum atomic E-state index is 11.6. The lowest BCUT2D eigenvalue weighted by molar-refractivity contribution is -0.124. The van der Waals surface area contributed by atoms with Crippen LogP contribution < -0.4 is 10.1 Å². The first-order chi connectivity index (χ1) is 8.52. The molecule has 2 N–H and O–H groups in total. The van der Waals surface area contributed by atoms with Crippen LogP contribution in [0.2, 0.25) is 5.02 Å². The summed E-state index contributed by atoms with van der Waals surface area (Å²) in [5.74, 6) is 0.402. The molecular formula is C13H18ClNO3. The van der Waals surface area contributed by atoms with E-state index >= 15 is 0 Å². The van der Waals surface area contributed by atoms with Gasteiger partial charge in [0.25, 0.3) is 5.91 Å². The number of carbonyl (C=O) groups is 1. The predicted octanol–water partition coefficient (Wildman–Crippen LogP) is 1.85. The summed E-state index contributed by atoms with van der Waals surface area (Å²) in [5.41, 5.74) is 0. The van der Waals surface area contributed by atoms with Crippen molar-refractivity contribution < 1.29 is 14.6 Å². The van der Waals surface area contributed by atoms with Crippen LogP contribution in [0.3, 0.4) is 0 Å². The third-order valence-corrected chi connectivity index (χ3v) is 2.97. The van der Waals surface area contributed by atoms with E-state index in [9.17, 15) is 4.79 Å². The smallest absolute Gasteiger partial charge is 0.258 e. The quantitative estimate of drug-likeness (QED) is 0.830. The Kier molecular flexibility index (Phi) is 5.95. The SMILES string of the molecule is CC(CO)C(C)NC(=O)COc1ccc(Cl)cc1. The highest BCUT2D eigenvalue weighted by Crippen LogP contribution is 2.15. The summed E-state index contributed by atoms with van der Waals surface area (Å²) in [7, 11) is 0. The first-order valence-corrected chi connectivity index (χ1v) is 6.19. The zero-order chi connectivity index (χ0) is 13.5. The van der Waals surface area contributed by atoms with E-state index in [-0.39, 0.29) is 31.1 Å². The van der Waals surface area contributed by atoms with E-state index in [0.717, 1.165) is 0 Å². The Morgan fingerprint density at radius 1 is 1.39 bits per heavy atom. The standard InChI is InChI=1S/C13H18ClNO3/c1-9(7-16)10(2)15-13(17)8-18-12-5-3-11(14)4-6-12/h3-6,9-10,16H,7-8H2,1-2H3,(H,15,17). The van der Waals surface area contributed by atoms with Gasteiger partial charge < -0.3 is 15.2 Å². The molecule has 0 radical (unpaired) electrons. The predicted molar refractivity (Wildman–Crippen MR) is 70.8 cm³/mol. The van der Waals surface area contributed by atoms with Gasteiger partial charge in [-0.05, 0) is 37.1 Å². The fraction of sp³-hybridized carbons (Fsp3) is 0.462. The van der Waals surface area contributed by atoms with Crippen LogP contribution in [0.25, 0.3) is 0 Å². The number of hydrogen-bond donors (Lipinski definition) is 2. The average Bonchev–Trinajstić information content (AvgIpc) is 2.37. The Morgan fingerprint density at radius 2 is 2.00 bits per heavy atom. The van der Waals surface area contributed by atoms with Gasteiger partial charge in [0.05, 0.1) is 0 Å². The first-order valence-electron chi connectivity index (χ1n) is 5.81. The molecule has 0 saturated heterocycles. The van der Waals surface area contributed by atoms with Crippen molar-refractivity contribution in [2.75, 3.05) is 13.2 Å². The number of aliphatic hydroxyl groups excluding tert-OH is 1. The first kappa shape index (κ1) is 14.8. The van der Waals surface area contributed by atoms with E-state index in [2.05, 4.69) is 5.32 Å². The molecule has 4 nitrogen and oxygen atoms in total. The minimum atomic E-state index is -0.210. The number of ether oxygens (including phenoxy) is 1. The fourth-order valence-electron chi connectivity index (χ4n) is 1.28. The van der Waals surface area contributed by atoms with Crippen LogP contribution in [0.15, 0.2) is 24.3 Å². The average molecular weight is 272 g/mol. The van der Waals surface area contributed by atoms with Crippen molar-refractivity contribution in [1.29, 1.82) is 0 Å². The van der Waals surface area contributed by atoms with Gasteiger partial charge in [0.1, 0.15) is 5.75 Å². The van der Waals surface area contributed by atoms with Gasteiger partial charge in [0.2, 0.25) is 0 Å². The largest absolute Gasteiger partial charge is 0.484 e. The molecule has 0 heterocycles. The second-order valence-corrected chi connectivity index (χ2v) is 4.70. The van der Waals surface area contributed by atoms with Crippen LogP contribution >= 0.6 is 11.6 Å². The van der Waals surface area contributed by atoms with E-state index in [1.54, 1.807) is 24.3 Å². The van der Waals surface area contributed by atoms with E-state index in [4.69, 9.17) is 21.4 Å². The lowest BCUT2D eigenvalue weighted by atomic mass is 10.1. The summed E-state index contributed by atoms with van der Waals surface area (Å²) in [5, 5.41) is 12.3. The van der Waals surface area contributed by atoms with Crippen LogP contribution in [0.5, 0.6) is 5.75 Å². The molecule has 0 aliphatic carbocycles. The molecule has 1 aromatic carbocycles. The van der Waals surface area contributed by atoms with Crippen molar-refractivity contribution in [3.05, 3.63) is 29.3 Å². The number of carbonyl (C=O) groups excluding carboxylic acids is 1. The van der Waals surface area contributed by atoms with Gasteiger partial charge >= 0.3 is 0 Å². The normalized spacial score (nSPS) is 13.8. The van der Waals surface area contributed by atoms with Gasteiger partial charge in [-0.3, -0.25) is 4.79 Å². The highest BCUT2D eigenvalue weighted by atomic mass is 35.5. The van der Waals surface area contributed by atoms with Crippen molar-refractivity contribution in [3.63, 3.8) is 0 Å². The number of hydrogen-bond acceptors (Lipinski definition) is 3. The van der Waals surface area contributed by atoms with E-state index < -0.39 is 0 Å². The molecule has 0 aliphatic rings. The molecular weight excluding hydrogens is 254 g/mol. The topological polar surface area (TPSA) is 58.6 Å². The molecule has 0 bridgehead atoms. The Morgan fingerprint density at radius 3 is 2.56 bits per heavy atom. The van der Waals surface area contributed by atoms with Gasteiger partial charge in [0.15, 0.2) is 6.61 Å². The Balaban J connectivity index is 2.35. The number of rotatable bonds is 6. The Hall–Kier alpha value is -1.26. The van der Waals surface area contributed by atoms with Gasteiger partial charge in [0, 0.05) is 17.7 Å². The summed E-state index contributed by atoms with van der Waals surface area (Å²) in [4.78, 5) is 11.6. The summed E-state index contributed by atoms with van der Waals surface area (Å²) in [6.45, 7) is 3.70. The molecule has 0 saturated carbocycles. The third kappa shape index (κ3) is 4.94. The maximum absolute atomic E-state index is 11.6. The molecule has 18 heavy (non-hydrogen) atoms. The van der Waals surface area contributed by atoms with Crippen LogP contribution in [0.1, 0.15) is 13.8 Å². The Bertz CT molecular complexity index is 380. The maximum Gasteiger partial charge on any atom is 0.258 e. The molecule has 1 rings (SSSR count).